The Kier molecular flexibility index (Phi) is 4.31. The van der Waals surface area contributed by atoms with E-state index in [1.54, 1.807) is 13.8 Å². The maximum absolute atomic E-state index is 9.73. The summed E-state index contributed by atoms with van der Waals surface area (Å²) in [5, 5.41) is 18.9. The van der Waals surface area contributed by atoms with Crippen LogP contribution in [-0.2, 0) is 0 Å². The third kappa shape index (κ3) is 3.71. The van der Waals surface area contributed by atoms with Gasteiger partial charge in [-0.25, -0.2) is 4.98 Å². The second kappa shape index (κ2) is 5.36. The molecule has 1 aromatic heterocycles. The highest BCUT2D eigenvalue weighted by Crippen LogP contribution is 2.20. The van der Waals surface area contributed by atoms with E-state index < -0.39 is 5.60 Å². The monoisotopic (exact) mass is 247 g/mol. The highest BCUT2D eigenvalue weighted by atomic mass is 16.3. The van der Waals surface area contributed by atoms with Crippen molar-refractivity contribution in [3.63, 3.8) is 0 Å². The van der Waals surface area contributed by atoms with E-state index in [0.29, 0.717) is 24.3 Å². The predicted octanol–water partition coefficient (Wildman–Crippen LogP) is 2.17. The topological polar surface area (TPSA) is 60.2 Å². The SMILES string of the molecule is Cc1cc(C#N)c(N(C)CCC(C)(C)O)nc1C. The number of hydrogen-bond donors (Lipinski definition) is 1. The predicted molar refractivity (Wildman–Crippen MR) is 72.6 cm³/mol. The molecule has 1 aromatic rings. The fourth-order valence-electron chi connectivity index (χ4n) is 1.61. The van der Waals surface area contributed by atoms with E-state index in [-0.39, 0.29) is 0 Å². The van der Waals surface area contributed by atoms with Gasteiger partial charge in [0, 0.05) is 19.3 Å². The number of aryl methyl sites for hydroxylation is 2. The van der Waals surface area contributed by atoms with Gasteiger partial charge in [-0.15, -0.1) is 0 Å². The number of nitrogens with zero attached hydrogens (tertiary/aromatic N) is 3. The fourth-order valence-corrected chi connectivity index (χ4v) is 1.61. The van der Waals surface area contributed by atoms with Gasteiger partial charge in [0.2, 0.25) is 0 Å². The van der Waals surface area contributed by atoms with Crippen molar-refractivity contribution in [2.24, 2.45) is 0 Å². The van der Waals surface area contributed by atoms with Crippen molar-refractivity contribution in [1.29, 1.82) is 5.26 Å². The van der Waals surface area contributed by atoms with Gasteiger partial charge >= 0.3 is 0 Å². The quantitative estimate of drug-likeness (QED) is 0.885. The first-order valence-electron chi connectivity index (χ1n) is 6.06. The molecule has 0 bridgehead atoms. The zero-order chi connectivity index (χ0) is 13.9. The second-order valence-electron chi connectivity index (χ2n) is 5.36. The maximum Gasteiger partial charge on any atom is 0.146 e. The molecule has 4 heteroatoms. The Morgan fingerprint density at radius 3 is 2.56 bits per heavy atom. The van der Waals surface area contributed by atoms with Crippen LogP contribution >= 0.6 is 0 Å². The highest BCUT2D eigenvalue weighted by Gasteiger charge is 2.16. The van der Waals surface area contributed by atoms with Crippen LogP contribution in [0.25, 0.3) is 0 Å². The molecule has 0 aromatic carbocycles. The molecule has 0 radical (unpaired) electrons. The summed E-state index contributed by atoms with van der Waals surface area (Å²) in [4.78, 5) is 6.39. The minimum atomic E-state index is -0.708. The lowest BCUT2D eigenvalue weighted by Gasteiger charge is -2.24. The third-order valence-electron chi connectivity index (χ3n) is 2.99. The van der Waals surface area contributed by atoms with Crippen LogP contribution in [0.15, 0.2) is 6.07 Å². The summed E-state index contributed by atoms with van der Waals surface area (Å²) < 4.78 is 0. The minimum absolute atomic E-state index is 0.580. The van der Waals surface area contributed by atoms with Crippen LogP contribution in [-0.4, -0.2) is 29.3 Å². The van der Waals surface area contributed by atoms with Gasteiger partial charge in [-0.05, 0) is 45.7 Å². The molecule has 0 saturated carbocycles. The van der Waals surface area contributed by atoms with Gasteiger partial charge in [-0.2, -0.15) is 5.26 Å². The largest absolute Gasteiger partial charge is 0.390 e. The summed E-state index contributed by atoms with van der Waals surface area (Å²) in [6, 6.07) is 4.03. The molecule has 0 atom stereocenters. The van der Waals surface area contributed by atoms with E-state index in [2.05, 4.69) is 11.1 Å². The van der Waals surface area contributed by atoms with Gasteiger partial charge in [-0.1, -0.05) is 0 Å². The molecule has 4 nitrogen and oxygen atoms in total. The fraction of sp³-hybridized carbons (Fsp3) is 0.571. The van der Waals surface area contributed by atoms with Crippen molar-refractivity contribution in [2.45, 2.75) is 39.7 Å². The molecule has 0 amide bonds. The van der Waals surface area contributed by atoms with Crippen LogP contribution in [0.2, 0.25) is 0 Å². The van der Waals surface area contributed by atoms with Crippen LogP contribution < -0.4 is 4.90 Å². The molecule has 0 spiro atoms. The molecule has 1 heterocycles. The first-order chi connectivity index (χ1) is 8.24. The zero-order valence-electron chi connectivity index (χ0n) is 11.8. The average Bonchev–Trinajstić information content (AvgIpc) is 2.28. The Hall–Kier alpha value is -1.60. The van der Waals surface area contributed by atoms with Crippen molar-refractivity contribution >= 4 is 5.82 Å². The summed E-state index contributed by atoms with van der Waals surface area (Å²) in [6.45, 7) is 8.10. The first-order valence-corrected chi connectivity index (χ1v) is 6.06. The summed E-state index contributed by atoms with van der Waals surface area (Å²) >= 11 is 0. The van der Waals surface area contributed by atoms with Crippen molar-refractivity contribution in [3.05, 3.63) is 22.9 Å². The number of pyridine rings is 1. The van der Waals surface area contributed by atoms with E-state index in [4.69, 9.17) is 5.26 Å². The van der Waals surface area contributed by atoms with Gasteiger partial charge < -0.3 is 10.0 Å². The second-order valence-corrected chi connectivity index (χ2v) is 5.36. The molecule has 0 aliphatic carbocycles. The van der Waals surface area contributed by atoms with Crippen LogP contribution in [0, 0.1) is 25.2 Å². The number of nitriles is 1. The standard InChI is InChI=1S/C14H21N3O/c1-10-8-12(9-15)13(16-11(10)2)17(5)7-6-14(3,4)18/h8,18H,6-7H2,1-5H3. The summed E-state index contributed by atoms with van der Waals surface area (Å²) in [5.41, 5.74) is 1.82. The number of aliphatic hydroxyl groups is 1. The Balaban J connectivity index is 2.95. The summed E-state index contributed by atoms with van der Waals surface area (Å²) in [6.07, 6.45) is 0.628. The first kappa shape index (κ1) is 14.5. The lowest BCUT2D eigenvalue weighted by molar-refractivity contribution is 0.0733. The van der Waals surface area contributed by atoms with Crippen molar-refractivity contribution < 1.29 is 5.11 Å². The Morgan fingerprint density at radius 2 is 2.06 bits per heavy atom. The zero-order valence-corrected chi connectivity index (χ0v) is 11.8. The van der Waals surface area contributed by atoms with Crippen LogP contribution in [0.4, 0.5) is 5.82 Å². The van der Waals surface area contributed by atoms with Crippen molar-refractivity contribution in [2.75, 3.05) is 18.5 Å². The average molecular weight is 247 g/mol. The van der Waals surface area contributed by atoms with E-state index >= 15 is 0 Å². The van der Waals surface area contributed by atoms with E-state index in [1.807, 2.05) is 31.9 Å². The Morgan fingerprint density at radius 1 is 1.44 bits per heavy atom. The van der Waals surface area contributed by atoms with Gasteiger partial charge in [0.15, 0.2) is 0 Å². The molecule has 1 rings (SSSR count). The van der Waals surface area contributed by atoms with E-state index in [9.17, 15) is 5.11 Å². The molecule has 98 valence electrons. The van der Waals surface area contributed by atoms with Crippen LogP contribution in [0.5, 0.6) is 0 Å². The Bertz CT molecular complexity index is 469. The number of anilines is 1. The Labute approximate surface area is 109 Å². The molecular formula is C14H21N3O. The summed E-state index contributed by atoms with van der Waals surface area (Å²) in [5.74, 6) is 0.685. The number of aromatic nitrogens is 1. The normalized spacial score (nSPS) is 11.2. The highest BCUT2D eigenvalue weighted by molar-refractivity contribution is 5.55. The minimum Gasteiger partial charge on any atom is -0.390 e. The smallest absolute Gasteiger partial charge is 0.146 e. The van der Waals surface area contributed by atoms with Crippen LogP contribution in [0.1, 0.15) is 37.1 Å². The maximum atomic E-state index is 9.73. The van der Waals surface area contributed by atoms with Gasteiger partial charge in [0.05, 0.1) is 11.2 Å². The molecule has 0 saturated heterocycles. The lowest BCUT2D eigenvalue weighted by Crippen LogP contribution is -2.29. The van der Waals surface area contributed by atoms with Crippen molar-refractivity contribution in [3.8, 4) is 6.07 Å². The molecule has 0 unspecified atom stereocenters. The third-order valence-corrected chi connectivity index (χ3v) is 2.99. The lowest BCUT2D eigenvalue weighted by atomic mass is 10.1. The van der Waals surface area contributed by atoms with Gasteiger partial charge in [0.25, 0.3) is 0 Å². The van der Waals surface area contributed by atoms with Gasteiger partial charge in [0.1, 0.15) is 11.9 Å². The van der Waals surface area contributed by atoms with E-state index in [0.717, 1.165) is 11.3 Å². The molecule has 0 fully saturated rings. The van der Waals surface area contributed by atoms with Gasteiger partial charge in [-0.3, -0.25) is 0 Å². The van der Waals surface area contributed by atoms with Crippen LogP contribution in [0.3, 0.4) is 0 Å². The number of rotatable bonds is 4. The molecule has 1 N–H and O–H groups in total. The molecule has 0 aliphatic heterocycles. The summed E-state index contributed by atoms with van der Waals surface area (Å²) in [7, 11) is 1.89. The van der Waals surface area contributed by atoms with Crippen molar-refractivity contribution in [1.82, 2.24) is 4.98 Å². The molecule has 18 heavy (non-hydrogen) atoms. The molecule has 0 aliphatic rings. The molecular weight excluding hydrogens is 226 g/mol. The number of hydrogen-bond acceptors (Lipinski definition) is 4. The van der Waals surface area contributed by atoms with E-state index in [1.165, 1.54) is 0 Å².